The van der Waals surface area contributed by atoms with Gasteiger partial charge in [0, 0.05) is 30.8 Å². The highest BCUT2D eigenvalue weighted by Crippen LogP contribution is 2.50. The average Bonchev–Trinajstić information content (AvgIpc) is 3.63. The Kier molecular flexibility index (Phi) is 4.51. The summed E-state index contributed by atoms with van der Waals surface area (Å²) in [6, 6.07) is 2.84. The van der Waals surface area contributed by atoms with Crippen molar-refractivity contribution in [3.05, 3.63) is 35.9 Å². The van der Waals surface area contributed by atoms with Crippen LogP contribution in [0.25, 0.3) is 11.3 Å². The SMILES string of the molecule is [2H]C([2H])([2H])Oc1cc(-c2nn3c(c2C(N)=O)NCC[C@H]3C2CCN(C(=O)C=C)CC2)cc(OC([2H])([2H])[2H])c1C1CC1. The molecule has 1 aliphatic carbocycles. The average molecular weight is 486 g/mol. The summed E-state index contributed by atoms with van der Waals surface area (Å²) in [5.74, 6) is -0.441. The molecule has 1 saturated heterocycles. The smallest absolute Gasteiger partial charge is 0.254 e. The van der Waals surface area contributed by atoms with Crippen LogP contribution in [0.4, 0.5) is 5.82 Å². The van der Waals surface area contributed by atoms with Crippen molar-refractivity contribution in [2.24, 2.45) is 11.7 Å². The number of fused-ring (bicyclic) bond motifs is 1. The van der Waals surface area contributed by atoms with Crippen LogP contribution in [-0.4, -0.2) is 60.2 Å². The van der Waals surface area contributed by atoms with Crippen molar-refractivity contribution in [3.8, 4) is 22.8 Å². The quantitative estimate of drug-likeness (QED) is 0.582. The molecule has 2 aromatic rings. The maximum atomic E-state index is 12.8. The maximum Gasteiger partial charge on any atom is 0.254 e. The molecule has 1 saturated carbocycles. The van der Waals surface area contributed by atoms with Gasteiger partial charge in [0.15, 0.2) is 0 Å². The molecule has 2 fully saturated rings. The number of carbonyl (C=O) groups is 2. The van der Waals surface area contributed by atoms with Gasteiger partial charge in [-0.3, -0.25) is 9.59 Å². The molecule has 3 heterocycles. The fourth-order valence-electron chi connectivity index (χ4n) is 5.49. The summed E-state index contributed by atoms with van der Waals surface area (Å²) >= 11 is 0. The zero-order chi connectivity index (χ0) is 29.7. The summed E-state index contributed by atoms with van der Waals surface area (Å²) < 4.78 is 58.6. The molecule has 186 valence electrons. The van der Waals surface area contributed by atoms with Gasteiger partial charge in [0.2, 0.25) is 5.91 Å². The van der Waals surface area contributed by atoms with E-state index in [-0.39, 0.29) is 52.1 Å². The molecule has 9 heteroatoms. The van der Waals surface area contributed by atoms with Crippen molar-refractivity contribution in [1.29, 1.82) is 0 Å². The number of likely N-dealkylation sites (tertiary alicyclic amines) is 1. The number of anilines is 1. The predicted molar refractivity (Wildman–Crippen MR) is 133 cm³/mol. The number of methoxy groups -OCH3 is 2. The highest BCUT2D eigenvalue weighted by Gasteiger charge is 2.37. The van der Waals surface area contributed by atoms with Gasteiger partial charge in [0.25, 0.3) is 5.91 Å². The zero-order valence-corrected chi connectivity index (χ0v) is 19.4. The van der Waals surface area contributed by atoms with Crippen molar-refractivity contribution in [2.75, 3.05) is 39.0 Å². The van der Waals surface area contributed by atoms with E-state index in [9.17, 15) is 9.59 Å². The fourth-order valence-corrected chi connectivity index (χ4v) is 5.49. The minimum atomic E-state index is -2.81. The number of hydrogen-bond acceptors (Lipinski definition) is 6. The number of hydrogen-bond donors (Lipinski definition) is 2. The highest BCUT2D eigenvalue weighted by molar-refractivity contribution is 6.04. The Bertz CT molecular complexity index is 1320. The Morgan fingerprint density at radius 1 is 1.17 bits per heavy atom. The third kappa shape index (κ3) is 4.13. The number of piperidine rings is 1. The predicted octanol–water partition coefficient (Wildman–Crippen LogP) is 3.32. The first-order chi connectivity index (χ1) is 19.3. The van der Waals surface area contributed by atoms with Crippen LogP contribution in [0.2, 0.25) is 0 Å². The number of nitrogens with zero attached hydrogens (tertiary/aromatic N) is 3. The molecule has 1 aromatic carbocycles. The number of ether oxygens (including phenoxy) is 2. The lowest BCUT2D eigenvalue weighted by atomic mass is 9.87. The van der Waals surface area contributed by atoms with Crippen molar-refractivity contribution < 1.29 is 27.3 Å². The van der Waals surface area contributed by atoms with Crippen LogP contribution in [-0.2, 0) is 4.79 Å². The molecule has 0 bridgehead atoms. The van der Waals surface area contributed by atoms with E-state index in [1.165, 1.54) is 18.2 Å². The molecular formula is C26H33N5O4. The van der Waals surface area contributed by atoms with Crippen LogP contribution in [0.15, 0.2) is 24.8 Å². The van der Waals surface area contributed by atoms with E-state index in [0.29, 0.717) is 31.0 Å². The summed E-state index contributed by atoms with van der Waals surface area (Å²) in [6.45, 7) is 5.30. The fraction of sp³-hybridized carbons (Fsp3) is 0.500. The van der Waals surface area contributed by atoms with E-state index in [1.54, 1.807) is 9.58 Å². The molecule has 2 aliphatic heterocycles. The molecule has 3 aliphatic rings. The Hall–Kier alpha value is -3.49. The first kappa shape index (κ1) is 17.0. The number of nitrogens with two attached hydrogens (primary N) is 1. The molecule has 2 amide bonds. The maximum absolute atomic E-state index is 12.8. The molecule has 1 atom stereocenters. The number of rotatable bonds is 7. The van der Waals surface area contributed by atoms with E-state index in [4.69, 9.17) is 28.5 Å². The van der Waals surface area contributed by atoms with Crippen LogP contribution in [0.5, 0.6) is 11.5 Å². The van der Waals surface area contributed by atoms with Crippen LogP contribution in [0.1, 0.15) is 68.2 Å². The Morgan fingerprint density at radius 2 is 1.86 bits per heavy atom. The first-order valence-corrected chi connectivity index (χ1v) is 11.9. The minimum absolute atomic E-state index is 0.0468. The molecule has 9 nitrogen and oxygen atoms in total. The molecule has 1 aromatic heterocycles. The first-order valence-electron chi connectivity index (χ1n) is 14.9. The molecule has 3 N–H and O–H groups in total. The summed E-state index contributed by atoms with van der Waals surface area (Å²) in [5.41, 5.74) is 6.73. The lowest BCUT2D eigenvalue weighted by Crippen LogP contribution is -2.41. The van der Waals surface area contributed by atoms with Crippen molar-refractivity contribution in [2.45, 2.75) is 44.1 Å². The second kappa shape index (κ2) is 9.28. The molecule has 0 unspecified atom stereocenters. The second-order valence-electron chi connectivity index (χ2n) is 9.40. The van der Waals surface area contributed by atoms with Crippen LogP contribution in [0.3, 0.4) is 0 Å². The van der Waals surface area contributed by atoms with E-state index in [1.807, 2.05) is 0 Å². The van der Waals surface area contributed by atoms with Gasteiger partial charge in [-0.15, -0.1) is 0 Å². The number of aromatic nitrogens is 2. The molecule has 5 rings (SSSR count). The van der Waals surface area contributed by atoms with Crippen LogP contribution in [0, 0.1) is 5.92 Å². The Balaban J connectivity index is 1.59. The third-order valence-electron chi connectivity index (χ3n) is 7.36. The summed E-state index contributed by atoms with van der Waals surface area (Å²) in [6.07, 6.45) is 4.98. The van der Waals surface area contributed by atoms with E-state index in [2.05, 4.69) is 11.9 Å². The minimum Gasteiger partial charge on any atom is -0.496 e. The molecule has 0 spiro atoms. The van der Waals surface area contributed by atoms with Gasteiger partial charge in [-0.2, -0.15) is 5.10 Å². The van der Waals surface area contributed by atoms with Gasteiger partial charge in [-0.05, 0) is 62.1 Å². The van der Waals surface area contributed by atoms with Gasteiger partial charge in [0.1, 0.15) is 28.6 Å². The summed E-state index contributed by atoms with van der Waals surface area (Å²) in [7, 11) is -5.62. The van der Waals surface area contributed by atoms with Crippen LogP contribution >= 0.6 is 0 Å². The second-order valence-corrected chi connectivity index (χ2v) is 9.40. The van der Waals surface area contributed by atoms with Gasteiger partial charge in [-0.25, -0.2) is 4.68 Å². The monoisotopic (exact) mass is 485 g/mol. The normalized spacial score (nSPS) is 23.3. The molecule has 0 radical (unpaired) electrons. The number of carbonyl (C=O) groups excluding carboxylic acids is 2. The highest BCUT2D eigenvalue weighted by atomic mass is 16.5. The van der Waals surface area contributed by atoms with Gasteiger partial charge < -0.3 is 25.4 Å². The molecular weight excluding hydrogens is 446 g/mol. The Morgan fingerprint density at radius 3 is 2.43 bits per heavy atom. The number of nitrogens with one attached hydrogen (secondary N) is 1. The molecule has 35 heavy (non-hydrogen) atoms. The van der Waals surface area contributed by atoms with Crippen molar-refractivity contribution >= 4 is 17.6 Å². The number of amides is 2. The largest absolute Gasteiger partial charge is 0.496 e. The van der Waals surface area contributed by atoms with Crippen molar-refractivity contribution in [1.82, 2.24) is 14.7 Å². The lowest BCUT2D eigenvalue weighted by Gasteiger charge is -2.38. The van der Waals surface area contributed by atoms with E-state index < -0.39 is 20.0 Å². The van der Waals surface area contributed by atoms with Gasteiger partial charge >= 0.3 is 0 Å². The summed E-state index contributed by atoms with van der Waals surface area (Å²) in [4.78, 5) is 26.6. The standard InChI is InChI=1S/C26H33N5O4/c1-4-21(32)30-11-8-15(9-12-30)18-7-10-28-26-23(25(27)33)24(29-31(18)26)17-13-19(34-2)22(16-5-6-16)20(14-17)35-3/h4,13-16,18,28H,1,5-12H2,2-3H3,(H2,27,33)/t18-/m0/s1/i2D3,3D3. The van der Waals surface area contributed by atoms with E-state index >= 15 is 0 Å². The zero-order valence-electron chi connectivity index (χ0n) is 25.4. The summed E-state index contributed by atoms with van der Waals surface area (Å²) in [5, 5.41) is 8.03. The van der Waals surface area contributed by atoms with Gasteiger partial charge in [0.05, 0.1) is 28.3 Å². The lowest BCUT2D eigenvalue weighted by molar-refractivity contribution is -0.127. The third-order valence-corrected chi connectivity index (χ3v) is 7.36. The number of benzene rings is 1. The van der Waals surface area contributed by atoms with Crippen molar-refractivity contribution in [3.63, 3.8) is 0 Å². The van der Waals surface area contributed by atoms with Crippen LogP contribution < -0.4 is 20.5 Å². The Labute approximate surface area is 213 Å². The topological polar surface area (TPSA) is 112 Å². The number of primary amides is 1. The van der Waals surface area contributed by atoms with E-state index in [0.717, 1.165) is 32.1 Å². The van der Waals surface area contributed by atoms with Gasteiger partial charge in [-0.1, -0.05) is 6.58 Å².